The molecule has 0 saturated carbocycles. The van der Waals surface area contributed by atoms with Crippen molar-refractivity contribution < 1.29 is 0 Å². The Morgan fingerprint density at radius 1 is 0.444 bits per heavy atom. The molecular formula is C26H17Cl. The second kappa shape index (κ2) is 6.57. The van der Waals surface area contributed by atoms with E-state index in [1.807, 2.05) is 12.1 Å². The van der Waals surface area contributed by atoms with E-state index in [9.17, 15) is 0 Å². The molecule has 1 heteroatoms. The summed E-state index contributed by atoms with van der Waals surface area (Å²) in [5.41, 5.74) is 4.88. The zero-order chi connectivity index (χ0) is 18.2. The van der Waals surface area contributed by atoms with Crippen molar-refractivity contribution in [1.82, 2.24) is 0 Å². The maximum Gasteiger partial charge on any atom is 0.0406 e. The van der Waals surface area contributed by atoms with Gasteiger partial charge in [0.1, 0.15) is 0 Å². The molecule has 0 N–H and O–H groups in total. The first-order valence-corrected chi connectivity index (χ1v) is 9.44. The Labute approximate surface area is 163 Å². The molecule has 0 amide bonds. The Morgan fingerprint density at radius 3 is 1.89 bits per heavy atom. The van der Waals surface area contributed by atoms with Crippen molar-refractivity contribution in [2.24, 2.45) is 0 Å². The van der Waals surface area contributed by atoms with Gasteiger partial charge in [-0.3, -0.25) is 0 Å². The van der Waals surface area contributed by atoms with Crippen LogP contribution in [0.1, 0.15) is 0 Å². The van der Waals surface area contributed by atoms with E-state index >= 15 is 0 Å². The zero-order valence-electron chi connectivity index (χ0n) is 14.7. The standard InChI is InChI=1S/C26H17Cl/c27-24-14-12-20(13-15-24)25-7-3-6-19-9-11-23(17-26(19)25)22-10-8-18-4-1-2-5-21(18)16-22/h1-17H. The van der Waals surface area contributed by atoms with Crippen molar-refractivity contribution in [2.75, 3.05) is 0 Å². The SMILES string of the molecule is Clc1ccc(-c2cccc3ccc(-c4ccc5ccccc5c4)cc23)cc1. The third-order valence-electron chi connectivity index (χ3n) is 5.12. The van der Waals surface area contributed by atoms with Gasteiger partial charge >= 0.3 is 0 Å². The van der Waals surface area contributed by atoms with Crippen molar-refractivity contribution in [2.45, 2.75) is 0 Å². The average Bonchev–Trinajstić information content (AvgIpc) is 2.73. The third kappa shape index (κ3) is 2.99. The van der Waals surface area contributed by atoms with Crippen molar-refractivity contribution >= 4 is 33.1 Å². The topological polar surface area (TPSA) is 0 Å². The van der Waals surface area contributed by atoms with Crippen LogP contribution < -0.4 is 0 Å². The molecule has 0 heterocycles. The van der Waals surface area contributed by atoms with Gasteiger partial charge in [-0.2, -0.15) is 0 Å². The highest BCUT2D eigenvalue weighted by Crippen LogP contribution is 2.33. The number of hydrogen-bond acceptors (Lipinski definition) is 0. The minimum atomic E-state index is 0.760. The van der Waals surface area contributed by atoms with Crippen LogP contribution >= 0.6 is 11.6 Å². The summed E-state index contributed by atoms with van der Waals surface area (Å²) in [6, 6.07) is 36.4. The van der Waals surface area contributed by atoms with Crippen molar-refractivity contribution in [1.29, 1.82) is 0 Å². The Hall–Kier alpha value is -3.09. The first-order valence-electron chi connectivity index (χ1n) is 9.06. The minimum Gasteiger partial charge on any atom is -0.0843 e. The summed E-state index contributed by atoms with van der Waals surface area (Å²) in [5.74, 6) is 0. The van der Waals surface area contributed by atoms with Gasteiger partial charge < -0.3 is 0 Å². The highest BCUT2D eigenvalue weighted by atomic mass is 35.5. The highest BCUT2D eigenvalue weighted by molar-refractivity contribution is 6.30. The van der Waals surface area contributed by atoms with Gasteiger partial charge in [0.15, 0.2) is 0 Å². The number of rotatable bonds is 2. The Kier molecular flexibility index (Phi) is 3.92. The molecule has 0 aliphatic rings. The van der Waals surface area contributed by atoms with Gasteiger partial charge in [0.25, 0.3) is 0 Å². The second-order valence-electron chi connectivity index (χ2n) is 6.81. The molecule has 0 radical (unpaired) electrons. The zero-order valence-corrected chi connectivity index (χ0v) is 15.4. The molecule has 0 bridgehead atoms. The van der Waals surface area contributed by atoms with E-state index in [0.717, 1.165) is 5.02 Å². The minimum absolute atomic E-state index is 0.760. The lowest BCUT2D eigenvalue weighted by atomic mass is 9.94. The molecule has 0 nitrogen and oxygen atoms in total. The predicted octanol–water partition coefficient (Wildman–Crippen LogP) is 7.98. The summed E-state index contributed by atoms with van der Waals surface area (Å²) < 4.78 is 0. The molecule has 0 spiro atoms. The van der Waals surface area contributed by atoms with Crippen LogP contribution in [0, 0.1) is 0 Å². The number of fused-ring (bicyclic) bond motifs is 2. The highest BCUT2D eigenvalue weighted by Gasteiger charge is 2.07. The van der Waals surface area contributed by atoms with Crippen LogP contribution in [0.4, 0.5) is 0 Å². The predicted molar refractivity (Wildman–Crippen MR) is 117 cm³/mol. The molecule has 0 atom stereocenters. The van der Waals surface area contributed by atoms with E-state index in [1.54, 1.807) is 0 Å². The Balaban J connectivity index is 1.69. The fourth-order valence-electron chi connectivity index (χ4n) is 3.70. The second-order valence-corrected chi connectivity index (χ2v) is 7.25. The molecular weight excluding hydrogens is 348 g/mol. The first-order chi connectivity index (χ1) is 13.3. The Bertz CT molecular complexity index is 1270. The molecule has 5 aromatic rings. The van der Waals surface area contributed by atoms with Crippen molar-refractivity contribution in [3.63, 3.8) is 0 Å². The summed E-state index contributed by atoms with van der Waals surface area (Å²) in [6.07, 6.45) is 0. The normalized spacial score (nSPS) is 11.1. The summed E-state index contributed by atoms with van der Waals surface area (Å²) >= 11 is 6.07. The molecule has 5 aromatic carbocycles. The number of halogens is 1. The van der Waals surface area contributed by atoms with Crippen LogP contribution in [0.25, 0.3) is 43.8 Å². The molecule has 0 aliphatic carbocycles. The van der Waals surface area contributed by atoms with Gasteiger partial charge in [0, 0.05) is 5.02 Å². The van der Waals surface area contributed by atoms with Crippen LogP contribution in [-0.2, 0) is 0 Å². The maximum absolute atomic E-state index is 6.07. The fourth-order valence-corrected chi connectivity index (χ4v) is 3.83. The smallest absolute Gasteiger partial charge is 0.0406 e. The molecule has 0 unspecified atom stereocenters. The summed E-state index contributed by atoms with van der Waals surface area (Å²) in [5, 5.41) is 5.79. The van der Waals surface area contributed by atoms with Gasteiger partial charge in [0.05, 0.1) is 0 Å². The monoisotopic (exact) mass is 364 g/mol. The molecule has 0 aromatic heterocycles. The van der Waals surface area contributed by atoms with E-state index in [1.165, 1.54) is 43.8 Å². The van der Waals surface area contributed by atoms with Gasteiger partial charge in [0.2, 0.25) is 0 Å². The van der Waals surface area contributed by atoms with Gasteiger partial charge in [-0.05, 0) is 68.1 Å². The molecule has 0 fully saturated rings. The van der Waals surface area contributed by atoms with Crippen LogP contribution in [0.15, 0.2) is 103 Å². The maximum atomic E-state index is 6.07. The van der Waals surface area contributed by atoms with Crippen LogP contribution in [-0.4, -0.2) is 0 Å². The lowest BCUT2D eigenvalue weighted by Crippen LogP contribution is -1.84. The van der Waals surface area contributed by atoms with Gasteiger partial charge in [-0.1, -0.05) is 90.5 Å². The number of benzene rings is 5. The molecule has 128 valence electrons. The molecule has 0 saturated heterocycles. The Morgan fingerprint density at radius 2 is 1.07 bits per heavy atom. The lowest BCUT2D eigenvalue weighted by Gasteiger charge is -2.10. The summed E-state index contributed by atoms with van der Waals surface area (Å²) in [6.45, 7) is 0. The summed E-state index contributed by atoms with van der Waals surface area (Å²) in [7, 11) is 0. The molecule has 5 rings (SSSR count). The van der Waals surface area contributed by atoms with E-state index in [0.29, 0.717) is 0 Å². The molecule has 27 heavy (non-hydrogen) atoms. The van der Waals surface area contributed by atoms with Crippen molar-refractivity contribution in [3.05, 3.63) is 108 Å². The van der Waals surface area contributed by atoms with Crippen LogP contribution in [0.2, 0.25) is 5.02 Å². The van der Waals surface area contributed by atoms with E-state index in [4.69, 9.17) is 11.6 Å². The largest absolute Gasteiger partial charge is 0.0843 e. The van der Waals surface area contributed by atoms with Crippen LogP contribution in [0.3, 0.4) is 0 Å². The lowest BCUT2D eigenvalue weighted by molar-refractivity contribution is 1.64. The van der Waals surface area contributed by atoms with Crippen LogP contribution in [0.5, 0.6) is 0 Å². The summed E-state index contributed by atoms with van der Waals surface area (Å²) in [4.78, 5) is 0. The first kappa shape index (κ1) is 16.1. The molecule has 0 aliphatic heterocycles. The van der Waals surface area contributed by atoms with Gasteiger partial charge in [-0.25, -0.2) is 0 Å². The quantitative estimate of drug-likeness (QED) is 0.298. The average molecular weight is 365 g/mol. The van der Waals surface area contributed by atoms with E-state index in [-0.39, 0.29) is 0 Å². The third-order valence-corrected chi connectivity index (χ3v) is 5.37. The fraction of sp³-hybridized carbons (Fsp3) is 0. The van der Waals surface area contributed by atoms with E-state index < -0.39 is 0 Å². The number of hydrogen-bond donors (Lipinski definition) is 0. The van der Waals surface area contributed by atoms with Gasteiger partial charge in [-0.15, -0.1) is 0 Å². The van der Waals surface area contributed by atoms with Crippen molar-refractivity contribution in [3.8, 4) is 22.3 Å². The van der Waals surface area contributed by atoms with E-state index in [2.05, 4.69) is 91.0 Å².